The van der Waals surface area contributed by atoms with Crippen molar-refractivity contribution in [1.29, 1.82) is 0 Å². The molecule has 0 saturated heterocycles. The molecule has 0 aliphatic rings. The van der Waals surface area contributed by atoms with Crippen molar-refractivity contribution in [3.05, 3.63) is 59.0 Å². The van der Waals surface area contributed by atoms with Gasteiger partial charge in [-0.15, -0.1) is 0 Å². The first kappa shape index (κ1) is 19.4. The number of rotatable bonds is 6. The molecule has 28 heavy (non-hydrogen) atoms. The van der Waals surface area contributed by atoms with Crippen molar-refractivity contribution in [2.75, 3.05) is 5.32 Å². The van der Waals surface area contributed by atoms with Crippen LogP contribution in [0, 0.1) is 25.7 Å². The second-order valence-corrected chi connectivity index (χ2v) is 6.55. The highest BCUT2D eigenvalue weighted by Gasteiger charge is 2.12. The molecule has 1 amide bonds. The minimum atomic E-state index is -0.249. The zero-order valence-corrected chi connectivity index (χ0v) is 16.3. The number of carbonyl (C=O) groups is 1. The van der Waals surface area contributed by atoms with E-state index in [2.05, 4.69) is 39.3 Å². The van der Waals surface area contributed by atoms with E-state index in [1.807, 2.05) is 13.8 Å². The molecule has 1 N–H and O–H groups in total. The van der Waals surface area contributed by atoms with Crippen molar-refractivity contribution in [3.63, 3.8) is 0 Å². The summed E-state index contributed by atoms with van der Waals surface area (Å²) < 4.78 is 6.90. The Bertz CT molecular complexity index is 1000. The van der Waals surface area contributed by atoms with Crippen molar-refractivity contribution in [3.8, 4) is 11.8 Å². The molecule has 0 bridgehead atoms. The Hall–Kier alpha value is -3.40. The van der Waals surface area contributed by atoms with E-state index in [4.69, 9.17) is 4.52 Å². The first-order valence-corrected chi connectivity index (χ1v) is 9.26. The van der Waals surface area contributed by atoms with Crippen LogP contribution in [0.4, 0.5) is 5.69 Å². The van der Waals surface area contributed by atoms with Gasteiger partial charge in [0.15, 0.2) is 0 Å². The van der Waals surface area contributed by atoms with Crippen LogP contribution < -0.4 is 5.32 Å². The van der Waals surface area contributed by atoms with Crippen molar-refractivity contribution in [2.45, 2.75) is 46.6 Å². The second-order valence-electron chi connectivity index (χ2n) is 6.55. The van der Waals surface area contributed by atoms with Gasteiger partial charge in [0.2, 0.25) is 0 Å². The summed E-state index contributed by atoms with van der Waals surface area (Å²) in [4.78, 5) is 16.6. The normalized spacial score (nSPS) is 10.4. The van der Waals surface area contributed by atoms with E-state index in [9.17, 15) is 4.79 Å². The summed E-state index contributed by atoms with van der Waals surface area (Å²) >= 11 is 0. The van der Waals surface area contributed by atoms with Crippen LogP contribution in [-0.4, -0.2) is 25.8 Å². The van der Waals surface area contributed by atoms with E-state index in [1.165, 1.54) is 6.20 Å². The summed E-state index contributed by atoms with van der Waals surface area (Å²) in [6.07, 6.45) is 9.59. The van der Waals surface area contributed by atoms with Crippen LogP contribution in [0.5, 0.6) is 0 Å². The quantitative estimate of drug-likeness (QED) is 0.523. The molecule has 144 valence electrons. The van der Waals surface area contributed by atoms with Gasteiger partial charge in [-0.1, -0.05) is 30.3 Å². The first-order chi connectivity index (χ1) is 13.6. The van der Waals surface area contributed by atoms with Gasteiger partial charge in [-0.25, -0.2) is 0 Å². The number of nitrogens with zero attached hydrogens (tertiary/aromatic N) is 4. The van der Waals surface area contributed by atoms with Crippen LogP contribution in [0.1, 0.15) is 59.1 Å². The zero-order valence-electron chi connectivity index (χ0n) is 16.3. The number of hydrogen-bond donors (Lipinski definition) is 1. The van der Waals surface area contributed by atoms with Crippen molar-refractivity contribution in [2.24, 2.45) is 0 Å². The highest BCUT2D eigenvalue weighted by Crippen LogP contribution is 2.15. The third kappa shape index (κ3) is 4.86. The van der Waals surface area contributed by atoms with Crippen LogP contribution in [0.2, 0.25) is 0 Å². The summed E-state index contributed by atoms with van der Waals surface area (Å²) in [7, 11) is 0. The van der Waals surface area contributed by atoms with Crippen LogP contribution in [-0.2, 0) is 6.54 Å². The number of anilines is 1. The number of amides is 1. The molecule has 0 radical (unpaired) electrons. The van der Waals surface area contributed by atoms with E-state index in [-0.39, 0.29) is 5.91 Å². The Morgan fingerprint density at radius 2 is 2.14 bits per heavy atom. The fourth-order valence-corrected chi connectivity index (χ4v) is 2.67. The molecule has 0 saturated carbocycles. The lowest BCUT2D eigenvalue weighted by molar-refractivity contribution is 0.102. The minimum Gasteiger partial charge on any atom is -0.361 e. The Morgan fingerprint density at radius 3 is 2.89 bits per heavy atom. The molecule has 3 aromatic rings. The average Bonchev–Trinajstić information content (AvgIpc) is 3.27. The Balaban J connectivity index is 1.65. The van der Waals surface area contributed by atoms with Crippen LogP contribution in [0.25, 0.3) is 0 Å². The minimum absolute atomic E-state index is 0.249. The molecular formula is C21H23N5O2. The van der Waals surface area contributed by atoms with Gasteiger partial charge < -0.3 is 9.84 Å². The Kier molecular flexibility index (Phi) is 6.22. The zero-order chi connectivity index (χ0) is 19.9. The molecular weight excluding hydrogens is 354 g/mol. The standard InChI is InChI=1S/C21H23N5O2/c1-4-5-6-7-8-17-9-18(11-22-10-17)21(27)24-19-12-23-26(13-19)14-20-15(2)25-28-16(20)3/h9-13H,4-6,14H2,1-3H3,(H,24,27). The molecule has 0 aromatic carbocycles. The molecule has 0 aliphatic carbocycles. The first-order valence-electron chi connectivity index (χ1n) is 9.26. The Morgan fingerprint density at radius 1 is 1.29 bits per heavy atom. The van der Waals surface area contributed by atoms with Gasteiger partial charge in [0.1, 0.15) is 5.76 Å². The SMILES string of the molecule is CCCCC#Cc1cncc(C(=O)Nc2cnn(Cc3c(C)noc3C)c2)c1. The number of pyridine rings is 1. The number of nitrogens with one attached hydrogen (secondary N) is 1. The maximum atomic E-state index is 12.5. The predicted molar refractivity (Wildman–Crippen MR) is 106 cm³/mol. The Labute approximate surface area is 164 Å². The lowest BCUT2D eigenvalue weighted by Gasteiger charge is -2.03. The largest absolute Gasteiger partial charge is 0.361 e. The molecule has 0 unspecified atom stereocenters. The topological polar surface area (TPSA) is 85.8 Å². The molecule has 0 spiro atoms. The molecule has 0 fully saturated rings. The van der Waals surface area contributed by atoms with Crippen LogP contribution >= 0.6 is 0 Å². The second kappa shape index (κ2) is 9.00. The monoisotopic (exact) mass is 377 g/mol. The van der Waals surface area contributed by atoms with Crippen LogP contribution in [0.3, 0.4) is 0 Å². The van der Waals surface area contributed by atoms with Gasteiger partial charge >= 0.3 is 0 Å². The number of unbranched alkanes of at least 4 members (excludes halogenated alkanes) is 2. The molecule has 0 aliphatic heterocycles. The summed E-state index contributed by atoms with van der Waals surface area (Å²) in [5, 5.41) is 11.1. The predicted octanol–water partition coefficient (Wildman–Crippen LogP) is 3.73. The maximum Gasteiger partial charge on any atom is 0.257 e. The number of aromatic nitrogens is 4. The van der Waals surface area contributed by atoms with Gasteiger partial charge in [0, 0.05) is 36.1 Å². The molecule has 7 heteroatoms. The third-order valence-corrected chi connectivity index (χ3v) is 4.28. The lowest BCUT2D eigenvalue weighted by Crippen LogP contribution is -2.12. The van der Waals surface area contributed by atoms with E-state index in [1.54, 1.807) is 29.3 Å². The summed E-state index contributed by atoms with van der Waals surface area (Å²) in [5.41, 5.74) is 3.62. The smallest absolute Gasteiger partial charge is 0.257 e. The van der Waals surface area contributed by atoms with E-state index < -0.39 is 0 Å². The number of aryl methyl sites for hydroxylation is 2. The highest BCUT2D eigenvalue weighted by molar-refractivity contribution is 6.04. The molecule has 7 nitrogen and oxygen atoms in total. The van der Waals surface area contributed by atoms with E-state index in [0.717, 1.165) is 41.8 Å². The van der Waals surface area contributed by atoms with Crippen LogP contribution in [0.15, 0.2) is 35.4 Å². The molecule has 0 atom stereocenters. The fourth-order valence-electron chi connectivity index (χ4n) is 2.67. The highest BCUT2D eigenvalue weighted by atomic mass is 16.5. The van der Waals surface area contributed by atoms with Gasteiger partial charge in [0.25, 0.3) is 5.91 Å². The average molecular weight is 377 g/mol. The van der Waals surface area contributed by atoms with Gasteiger partial charge in [-0.3, -0.25) is 14.5 Å². The van der Waals surface area contributed by atoms with Gasteiger partial charge in [0.05, 0.1) is 29.7 Å². The van der Waals surface area contributed by atoms with Gasteiger partial charge in [-0.05, 0) is 26.3 Å². The summed E-state index contributed by atoms with van der Waals surface area (Å²) in [6, 6.07) is 1.75. The lowest BCUT2D eigenvalue weighted by atomic mass is 10.2. The molecule has 3 heterocycles. The fraction of sp³-hybridized carbons (Fsp3) is 0.333. The number of hydrogen-bond acceptors (Lipinski definition) is 5. The third-order valence-electron chi connectivity index (χ3n) is 4.28. The summed E-state index contributed by atoms with van der Waals surface area (Å²) in [5.74, 6) is 6.67. The van der Waals surface area contributed by atoms with Crippen molar-refractivity contribution >= 4 is 11.6 Å². The number of carbonyl (C=O) groups excluding carboxylic acids is 1. The maximum absolute atomic E-state index is 12.5. The van der Waals surface area contributed by atoms with Gasteiger partial charge in [-0.2, -0.15) is 5.10 Å². The molecule has 3 aromatic heterocycles. The van der Waals surface area contributed by atoms with E-state index >= 15 is 0 Å². The summed E-state index contributed by atoms with van der Waals surface area (Å²) in [6.45, 7) is 6.42. The van der Waals surface area contributed by atoms with Crippen molar-refractivity contribution < 1.29 is 9.32 Å². The van der Waals surface area contributed by atoms with E-state index in [0.29, 0.717) is 17.8 Å². The molecule has 3 rings (SSSR count). The van der Waals surface area contributed by atoms with Crippen molar-refractivity contribution in [1.82, 2.24) is 19.9 Å².